The molecule has 0 bridgehead atoms. The lowest BCUT2D eigenvalue weighted by molar-refractivity contribution is 0.685. The molecule has 0 amide bonds. The van der Waals surface area contributed by atoms with Gasteiger partial charge in [-0.25, -0.2) is 14.2 Å². The molecule has 2 heterocycles. The Morgan fingerprint density at radius 2 is 2.22 bits per heavy atom. The average Bonchev–Trinajstić information content (AvgIpc) is 2.96. The molecule has 3 aromatic rings. The van der Waals surface area contributed by atoms with E-state index in [1.165, 1.54) is 0 Å². The molecule has 1 unspecified atom stereocenters. The summed E-state index contributed by atoms with van der Waals surface area (Å²) in [4.78, 5) is 8.31. The predicted molar refractivity (Wildman–Crippen MR) is 99.8 cm³/mol. The van der Waals surface area contributed by atoms with Gasteiger partial charge in [-0.05, 0) is 35.7 Å². The van der Waals surface area contributed by atoms with Crippen molar-refractivity contribution in [2.45, 2.75) is 6.42 Å². The summed E-state index contributed by atoms with van der Waals surface area (Å²) in [5.74, 6) is 1.03. The third kappa shape index (κ3) is 4.01. The van der Waals surface area contributed by atoms with E-state index in [0.29, 0.717) is 18.1 Å². The van der Waals surface area contributed by atoms with Crippen molar-refractivity contribution < 1.29 is 4.21 Å². The van der Waals surface area contributed by atoms with Crippen molar-refractivity contribution in [1.82, 2.24) is 9.97 Å². The number of nitrogens with one attached hydrogen (secondary N) is 1. The molecule has 1 atom stereocenters. The van der Waals surface area contributed by atoms with Crippen LogP contribution in [0.2, 0.25) is 5.28 Å². The lowest BCUT2D eigenvalue weighted by atomic mass is 10.1. The van der Waals surface area contributed by atoms with Gasteiger partial charge in [-0.2, -0.15) is 0 Å². The van der Waals surface area contributed by atoms with E-state index in [4.69, 9.17) is 23.2 Å². The second-order valence-electron chi connectivity index (χ2n) is 4.78. The molecule has 120 valence electrons. The molecule has 3 rings (SSSR count). The number of benzene rings is 1. The lowest BCUT2D eigenvalue weighted by Gasteiger charge is -2.07. The first-order valence-electron chi connectivity index (χ1n) is 6.88. The molecule has 0 fully saturated rings. The van der Waals surface area contributed by atoms with E-state index in [0.717, 1.165) is 27.0 Å². The van der Waals surface area contributed by atoms with Crippen molar-refractivity contribution in [3.05, 3.63) is 41.1 Å². The summed E-state index contributed by atoms with van der Waals surface area (Å²) in [7, 11) is -1.14. The van der Waals surface area contributed by atoms with Gasteiger partial charge in [0.25, 0.3) is 0 Å². The van der Waals surface area contributed by atoms with Crippen LogP contribution in [-0.2, 0) is 11.0 Å². The molecule has 8 heteroatoms. The molecular formula is C15H13Cl2N3OS2. The SMILES string of the molecule is O=S(CCCCl)Nc1cccc(-c2csc3cnc(Cl)nc23)c1. The Kier molecular flexibility index (Phi) is 5.48. The Labute approximate surface area is 150 Å². The van der Waals surface area contributed by atoms with Gasteiger partial charge in [0, 0.05) is 34.5 Å². The molecule has 0 saturated heterocycles. The van der Waals surface area contributed by atoms with Crippen LogP contribution in [-0.4, -0.2) is 25.8 Å². The fourth-order valence-electron chi connectivity index (χ4n) is 2.13. The summed E-state index contributed by atoms with van der Waals surface area (Å²) in [5, 5.41) is 2.26. The highest BCUT2D eigenvalue weighted by molar-refractivity contribution is 7.86. The molecule has 0 radical (unpaired) electrons. The molecule has 1 aromatic carbocycles. The van der Waals surface area contributed by atoms with Gasteiger partial charge < -0.3 is 4.72 Å². The van der Waals surface area contributed by atoms with Crippen molar-refractivity contribution in [2.24, 2.45) is 0 Å². The van der Waals surface area contributed by atoms with Gasteiger partial charge in [-0.1, -0.05) is 12.1 Å². The number of anilines is 1. The Balaban J connectivity index is 1.89. The van der Waals surface area contributed by atoms with Gasteiger partial charge in [-0.3, -0.25) is 0 Å². The minimum Gasteiger partial charge on any atom is -0.305 e. The van der Waals surface area contributed by atoms with Crippen LogP contribution < -0.4 is 4.72 Å². The number of halogens is 2. The van der Waals surface area contributed by atoms with Gasteiger partial charge in [0.15, 0.2) is 0 Å². The van der Waals surface area contributed by atoms with Crippen LogP contribution in [0.1, 0.15) is 6.42 Å². The number of alkyl halides is 1. The van der Waals surface area contributed by atoms with Crippen molar-refractivity contribution in [1.29, 1.82) is 0 Å². The van der Waals surface area contributed by atoms with E-state index < -0.39 is 11.0 Å². The Morgan fingerprint density at radius 3 is 3.04 bits per heavy atom. The van der Waals surface area contributed by atoms with Crippen molar-refractivity contribution >= 4 is 61.4 Å². The molecular weight excluding hydrogens is 373 g/mol. The van der Waals surface area contributed by atoms with Crippen LogP contribution in [0.4, 0.5) is 5.69 Å². The van der Waals surface area contributed by atoms with Gasteiger partial charge in [0.1, 0.15) is 11.0 Å². The van der Waals surface area contributed by atoms with E-state index in [1.807, 2.05) is 29.6 Å². The maximum atomic E-state index is 11.9. The molecule has 2 aromatic heterocycles. The summed E-state index contributed by atoms with van der Waals surface area (Å²) in [6, 6.07) is 7.75. The van der Waals surface area contributed by atoms with Crippen LogP contribution in [0.5, 0.6) is 0 Å². The third-order valence-corrected chi connectivity index (χ3v) is 5.63. The standard InChI is InChI=1S/C15H13Cl2N3OS2/c16-5-2-6-23(21)20-11-4-1-3-10(7-11)12-9-22-13-8-18-15(17)19-14(12)13/h1,3-4,7-9,20H,2,5-6H2. The quantitative estimate of drug-likeness (QED) is 0.493. The molecule has 0 aliphatic heterocycles. The zero-order valence-electron chi connectivity index (χ0n) is 12.0. The maximum Gasteiger partial charge on any atom is 0.222 e. The summed E-state index contributed by atoms with van der Waals surface area (Å²) < 4.78 is 15.9. The highest BCUT2D eigenvalue weighted by Crippen LogP contribution is 2.33. The van der Waals surface area contributed by atoms with Gasteiger partial charge in [0.05, 0.1) is 10.2 Å². The average molecular weight is 386 g/mol. The van der Waals surface area contributed by atoms with E-state index in [9.17, 15) is 4.21 Å². The third-order valence-electron chi connectivity index (χ3n) is 3.15. The van der Waals surface area contributed by atoms with Crippen LogP contribution in [0.15, 0.2) is 35.8 Å². The monoisotopic (exact) mass is 385 g/mol. The second kappa shape index (κ2) is 7.57. The number of rotatable bonds is 6. The summed E-state index contributed by atoms with van der Waals surface area (Å²) in [6.45, 7) is 0. The van der Waals surface area contributed by atoms with Gasteiger partial charge in [0.2, 0.25) is 5.28 Å². The van der Waals surface area contributed by atoms with E-state index in [1.54, 1.807) is 17.5 Å². The van der Waals surface area contributed by atoms with Gasteiger partial charge in [-0.15, -0.1) is 22.9 Å². The van der Waals surface area contributed by atoms with E-state index >= 15 is 0 Å². The fraction of sp³-hybridized carbons (Fsp3) is 0.200. The second-order valence-corrected chi connectivity index (χ2v) is 7.71. The van der Waals surface area contributed by atoms with Crippen molar-refractivity contribution in [3.63, 3.8) is 0 Å². The van der Waals surface area contributed by atoms with Crippen LogP contribution in [0, 0.1) is 0 Å². The molecule has 23 heavy (non-hydrogen) atoms. The molecule has 4 nitrogen and oxygen atoms in total. The first-order valence-corrected chi connectivity index (χ1v) is 9.99. The normalized spacial score (nSPS) is 12.4. The number of aromatic nitrogens is 2. The van der Waals surface area contributed by atoms with Crippen LogP contribution in [0.25, 0.3) is 21.3 Å². The van der Waals surface area contributed by atoms with Crippen molar-refractivity contribution in [3.8, 4) is 11.1 Å². The Bertz CT molecular complexity index is 854. The van der Waals surface area contributed by atoms with Crippen molar-refractivity contribution in [2.75, 3.05) is 16.4 Å². The van der Waals surface area contributed by atoms with Crippen LogP contribution >= 0.6 is 34.5 Å². The first-order chi connectivity index (χ1) is 11.2. The topological polar surface area (TPSA) is 54.9 Å². The molecule has 0 aliphatic rings. The van der Waals surface area contributed by atoms with Crippen LogP contribution in [0.3, 0.4) is 0 Å². The largest absolute Gasteiger partial charge is 0.305 e. The number of hydrogen-bond acceptors (Lipinski definition) is 4. The maximum absolute atomic E-state index is 11.9. The smallest absolute Gasteiger partial charge is 0.222 e. The summed E-state index contributed by atoms with van der Waals surface area (Å²) in [6.07, 6.45) is 2.44. The molecule has 0 spiro atoms. The summed E-state index contributed by atoms with van der Waals surface area (Å²) in [5.41, 5.74) is 3.61. The molecule has 1 N–H and O–H groups in total. The van der Waals surface area contributed by atoms with E-state index in [2.05, 4.69) is 14.7 Å². The lowest BCUT2D eigenvalue weighted by Crippen LogP contribution is -2.08. The first kappa shape index (κ1) is 16.6. The minimum absolute atomic E-state index is 0.230. The highest BCUT2D eigenvalue weighted by Gasteiger charge is 2.10. The number of thiophene rings is 1. The zero-order valence-corrected chi connectivity index (χ0v) is 15.1. The number of fused-ring (bicyclic) bond motifs is 1. The number of hydrogen-bond donors (Lipinski definition) is 1. The highest BCUT2D eigenvalue weighted by atomic mass is 35.5. The molecule has 0 aliphatic carbocycles. The Morgan fingerprint density at radius 1 is 1.35 bits per heavy atom. The zero-order chi connectivity index (χ0) is 16.2. The van der Waals surface area contributed by atoms with E-state index in [-0.39, 0.29) is 5.28 Å². The Hall–Kier alpha value is -1.21. The summed E-state index contributed by atoms with van der Waals surface area (Å²) >= 11 is 13.1. The number of nitrogens with zero attached hydrogens (tertiary/aromatic N) is 2. The predicted octanol–water partition coefficient (Wildman–Crippen LogP) is 4.72. The molecule has 0 saturated carbocycles. The van der Waals surface area contributed by atoms with Gasteiger partial charge >= 0.3 is 0 Å². The minimum atomic E-state index is -1.14. The fourth-order valence-corrected chi connectivity index (χ4v) is 4.33.